The van der Waals surface area contributed by atoms with Gasteiger partial charge in [-0.2, -0.15) is 0 Å². The fourth-order valence-corrected chi connectivity index (χ4v) is 1.93. The van der Waals surface area contributed by atoms with Crippen LogP contribution < -0.4 is 10.6 Å². The normalized spacial score (nSPS) is 9.79. The molecule has 2 amide bonds. The van der Waals surface area contributed by atoms with Crippen molar-refractivity contribution in [3.05, 3.63) is 59.7 Å². The predicted octanol–water partition coefficient (Wildman–Crippen LogP) is 2.88. The number of carbonyl (C=O) groups is 2. The van der Waals surface area contributed by atoms with Gasteiger partial charge in [-0.3, -0.25) is 9.59 Å². The number of oxime groups is 1. The molecule has 0 aromatic heterocycles. The van der Waals surface area contributed by atoms with Crippen LogP contribution in [0.15, 0.2) is 53.7 Å². The molecule has 124 valence electrons. The molecule has 0 saturated heterocycles. The van der Waals surface area contributed by atoms with Crippen molar-refractivity contribution in [3.8, 4) is 0 Å². The molecule has 6 heteroatoms. The first-order chi connectivity index (χ1) is 11.5. The monoisotopic (exact) mass is 325 g/mol. The molecule has 0 radical (unpaired) electrons. The van der Waals surface area contributed by atoms with Gasteiger partial charge in [0.1, 0.15) is 7.11 Å². The minimum atomic E-state index is -0.648. The van der Waals surface area contributed by atoms with Gasteiger partial charge in [0.2, 0.25) is 5.71 Å². The second-order valence-corrected chi connectivity index (χ2v) is 5.26. The minimum absolute atomic E-state index is 0.362. The van der Waals surface area contributed by atoms with Gasteiger partial charge in [-0.15, -0.1) is 0 Å². The number of aryl methyl sites for hydroxylation is 2. The lowest BCUT2D eigenvalue weighted by Crippen LogP contribution is -2.34. The smallest absolute Gasteiger partial charge is 0.283 e. The zero-order valence-corrected chi connectivity index (χ0v) is 13.8. The van der Waals surface area contributed by atoms with Crippen molar-refractivity contribution in [1.29, 1.82) is 0 Å². The Balaban J connectivity index is 2.11. The lowest BCUT2D eigenvalue weighted by atomic mass is 10.2. The summed E-state index contributed by atoms with van der Waals surface area (Å²) in [4.78, 5) is 29.2. The van der Waals surface area contributed by atoms with Crippen LogP contribution in [0, 0.1) is 13.8 Å². The number of anilines is 2. The number of rotatable bonds is 5. The molecule has 0 aliphatic carbocycles. The highest BCUT2D eigenvalue weighted by Gasteiger charge is 2.22. The maximum Gasteiger partial charge on any atom is 0.283 e. The van der Waals surface area contributed by atoms with Gasteiger partial charge in [0.25, 0.3) is 11.8 Å². The molecule has 6 nitrogen and oxygen atoms in total. The second kappa shape index (κ2) is 7.92. The Morgan fingerprint density at radius 1 is 0.792 bits per heavy atom. The van der Waals surface area contributed by atoms with E-state index >= 15 is 0 Å². The topological polar surface area (TPSA) is 79.8 Å². The molecule has 24 heavy (non-hydrogen) atoms. The highest BCUT2D eigenvalue weighted by atomic mass is 16.6. The van der Waals surface area contributed by atoms with Crippen molar-refractivity contribution in [2.45, 2.75) is 13.8 Å². The van der Waals surface area contributed by atoms with Gasteiger partial charge in [0, 0.05) is 11.4 Å². The van der Waals surface area contributed by atoms with E-state index < -0.39 is 11.8 Å². The number of nitrogens with one attached hydrogen (secondary N) is 2. The van der Waals surface area contributed by atoms with Crippen molar-refractivity contribution < 1.29 is 14.4 Å². The highest BCUT2D eigenvalue weighted by Crippen LogP contribution is 2.11. The summed E-state index contributed by atoms with van der Waals surface area (Å²) >= 11 is 0. The Bertz CT molecular complexity index is 689. The molecule has 0 aliphatic heterocycles. The van der Waals surface area contributed by atoms with E-state index in [2.05, 4.69) is 20.6 Å². The summed E-state index contributed by atoms with van der Waals surface area (Å²) < 4.78 is 0. The maximum absolute atomic E-state index is 12.3. The molecule has 2 aromatic rings. The van der Waals surface area contributed by atoms with Crippen LogP contribution in [0.3, 0.4) is 0 Å². The number of hydrogen-bond acceptors (Lipinski definition) is 4. The summed E-state index contributed by atoms with van der Waals surface area (Å²) in [5.41, 5.74) is 2.90. The third-order valence-corrected chi connectivity index (χ3v) is 3.23. The van der Waals surface area contributed by atoms with Crippen LogP contribution in [0.25, 0.3) is 0 Å². The summed E-state index contributed by atoms with van der Waals surface area (Å²) in [5.74, 6) is -1.30. The molecule has 0 fully saturated rings. The molecule has 0 unspecified atom stereocenters. The van der Waals surface area contributed by atoms with Crippen LogP contribution in [0.5, 0.6) is 0 Å². The molecule has 2 rings (SSSR count). The van der Waals surface area contributed by atoms with Gasteiger partial charge in [0.05, 0.1) is 0 Å². The molecule has 0 bridgehead atoms. The van der Waals surface area contributed by atoms with Gasteiger partial charge >= 0.3 is 0 Å². The Hall–Kier alpha value is -3.15. The van der Waals surface area contributed by atoms with E-state index in [1.54, 1.807) is 24.3 Å². The van der Waals surface area contributed by atoms with Crippen LogP contribution in [0.1, 0.15) is 11.1 Å². The fourth-order valence-electron chi connectivity index (χ4n) is 1.93. The molecule has 0 spiro atoms. The summed E-state index contributed by atoms with van der Waals surface area (Å²) in [6.45, 7) is 3.89. The van der Waals surface area contributed by atoms with Crippen LogP contribution in [0.4, 0.5) is 11.4 Å². The van der Waals surface area contributed by atoms with Crippen molar-refractivity contribution in [1.82, 2.24) is 0 Å². The highest BCUT2D eigenvalue weighted by molar-refractivity contribution is 6.68. The van der Waals surface area contributed by atoms with Gasteiger partial charge in [-0.05, 0) is 38.1 Å². The Labute approximate surface area is 140 Å². The number of benzene rings is 2. The van der Waals surface area contributed by atoms with Crippen LogP contribution in [-0.4, -0.2) is 24.6 Å². The molecular weight excluding hydrogens is 306 g/mol. The Morgan fingerprint density at radius 3 is 1.50 bits per heavy atom. The van der Waals surface area contributed by atoms with Gasteiger partial charge in [0.15, 0.2) is 0 Å². The first-order valence-corrected chi connectivity index (χ1v) is 7.37. The molecule has 0 heterocycles. The average Bonchev–Trinajstić information content (AvgIpc) is 2.56. The van der Waals surface area contributed by atoms with Gasteiger partial charge in [-0.1, -0.05) is 40.5 Å². The number of carbonyl (C=O) groups excluding carboxylic acids is 2. The molecule has 0 aliphatic rings. The first kappa shape index (κ1) is 17.2. The zero-order valence-electron chi connectivity index (χ0n) is 13.8. The van der Waals surface area contributed by atoms with Crippen molar-refractivity contribution in [2.75, 3.05) is 17.7 Å². The summed E-state index contributed by atoms with van der Waals surface area (Å²) in [6, 6.07) is 14.4. The Kier molecular flexibility index (Phi) is 5.68. The van der Waals surface area contributed by atoms with Crippen molar-refractivity contribution >= 4 is 28.9 Å². The molecular formula is C18H19N3O3. The van der Waals surface area contributed by atoms with Crippen LogP contribution >= 0.6 is 0 Å². The SMILES string of the molecule is CON=C(C(=O)Nc1ccc(C)cc1)C(=O)Nc1ccc(C)cc1. The first-order valence-electron chi connectivity index (χ1n) is 7.37. The quantitative estimate of drug-likeness (QED) is 0.504. The molecule has 2 aromatic carbocycles. The van der Waals surface area contributed by atoms with E-state index in [1.165, 1.54) is 7.11 Å². The number of amides is 2. The number of nitrogens with zero attached hydrogens (tertiary/aromatic N) is 1. The van der Waals surface area contributed by atoms with E-state index in [0.29, 0.717) is 11.4 Å². The van der Waals surface area contributed by atoms with E-state index in [9.17, 15) is 9.59 Å². The number of hydrogen-bond donors (Lipinski definition) is 2. The second-order valence-electron chi connectivity index (χ2n) is 5.26. The summed E-state index contributed by atoms with van der Waals surface area (Å²) in [5, 5.41) is 8.78. The standard InChI is InChI=1S/C18H19N3O3/c1-12-4-8-14(9-5-12)19-17(22)16(21-24-3)18(23)20-15-10-6-13(2)7-11-15/h4-11H,1-3H3,(H,19,22)(H,20,23). The molecule has 0 saturated carbocycles. The Morgan fingerprint density at radius 2 is 1.17 bits per heavy atom. The van der Waals surface area contributed by atoms with E-state index in [1.807, 2.05) is 38.1 Å². The maximum atomic E-state index is 12.3. The molecule has 2 N–H and O–H groups in total. The average molecular weight is 325 g/mol. The van der Waals surface area contributed by atoms with Crippen LogP contribution in [-0.2, 0) is 14.4 Å². The zero-order chi connectivity index (χ0) is 17.5. The van der Waals surface area contributed by atoms with E-state index in [4.69, 9.17) is 0 Å². The van der Waals surface area contributed by atoms with Gasteiger partial charge < -0.3 is 15.5 Å². The van der Waals surface area contributed by atoms with Crippen molar-refractivity contribution in [3.63, 3.8) is 0 Å². The van der Waals surface area contributed by atoms with E-state index in [-0.39, 0.29) is 5.71 Å². The summed E-state index contributed by atoms with van der Waals surface area (Å²) in [6.07, 6.45) is 0. The summed E-state index contributed by atoms with van der Waals surface area (Å²) in [7, 11) is 1.28. The largest absolute Gasteiger partial charge is 0.398 e. The minimum Gasteiger partial charge on any atom is -0.398 e. The molecule has 0 atom stereocenters. The predicted molar refractivity (Wildman–Crippen MR) is 94.1 cm³/mol. The lowest BCUT2D eigenvalue weighted by Gasteiger charge is -2.09. The third kappa shape index (κ3) is 4.67. The van der Waals surface area contributed by atoms with E-state index in [0.717, 1.165) is 11.1 Å². The van der Waals surface area contributed by atoms with Crippen LogP contribution in [0.2, 0.25) is 0 Å². The fraction of sp³-hybridized carbons (Fsp3) is 0.167. The lowest BCUT2D eigenvalue weighted by molar-refractivity contribution is -0.114. The third-order valence-electron chi connectivity index (χ3n) is 3.23. The van der Waals surface area contributed by atoms with Gasteiger partial charge in [-0.25, -0.2) is 0 Å². The van der Waals surface area contributed by atoms with Crippen molar-refractivity contribution in [2.24, 2.45) is 5.16 Å².